The van der Waals surface area contributed by atoms with E-state index in [1.807, 2.05) is 37.3 Å². The van der Waals surface area contributed by atoms with Crippen LogP contribution >= 0.6 is 50.7 Å². The highest BCUT2D eigenvalue weighted by atomic mass is 79.9. The number of anilines is 2. The van der Waals surface area contributed by atoms with Gasteiger partial charge < -0.3 is 24.4 Å². The van der Waals surface area contributed by atoms with Crippen molar-refractivity contribution in [1.29, 1.82) is 0 Å². The van der Waals surface area contributed by atoms with Gasteiger partial charge in [0, 0.05) is 40.9 Å². The number of halogens is 4. The maximum Gasteiger partial charge on any atom is 0.175 e. The number of hydrogen-bond donors (Lipinski definition) is 1. The van der Waals surface area contributed by atoms with Crippen molar-refractivity contribution in [1.82, 2.24) is 0 Å². The second kappa shape index (κ2) is 12.4. The first-order chi connectivity index (χ1) is 16.9. The Bertz CT molecular complexity index is 1170. The number of nitrogens with one attached hydrogen (secondary N) is 1. The van der Waals surface area contributed by atoms with Crippen molar-refractivity contribution in [3.8, 4) is 11.5 Å². The minimum absolute atomic E-state index is 0.292. The molecule has 1 heterocycles. The standard InChI is InChI=1S/C26H26BrCl3N2O3/c1-2-34-25-12-17(11-21(27)26(25)35-16-18-3-4-19(28)13-22(18)29)15-31-20-5-6-24(23(30)14-20)32-7-9-33-10-8-32/h3-6,11-14,31H,2,7-10,15-16H2,1H3. The van der Waals surface area contributed by atoms with Crippen LogP contribution in [0.4, 0.5) is 11.4 Å². The van der Waals surface area contributed by atoms with Crippen LogP contribution in [0.15, 0.2) is 53.0 Å². The predicted octanol–water partition coefficient (Wildman–Crippen LogP) is 7.84. The molecule has 0 saturated carbocycles. The molecule has 0 bridgehead atoms. The number of nitrogens with zero attached hydrogens (tertiary/aromatic N) is 1. The molecule has 0 spiro atoms. The van der Waals surface area contributed by atoms with Crippen LogP contribution in [0.2, 0.25) is 15.1 Å². The zero-order valence-corrected chi connectivity index (χ0v) is 23.1. The fourth-order valence-electron chi connectivity index (χ4n) is 3.80. The largest absolute Gasteiger partial charge is 0.490 e. The first kappa shape index (κ1) is 26.2. The van der Waals surface area contributed by atoms with Gasteiger partial charge >= 0.3 is 0 Å². The third-order valence-corrected chi connectivity index (χ3v) is 7.03. The van der Waals surface area contributed by atoms with E-state index < -0.39 is 0 Å². The molecule has 0 aromatic heterocycles. The molecule has 1 aliphatic heterocycles. The third kappa shape index (κ3) is 6.89. The lowest BCUT2D eigenvalue weighted by Gasteiger charge is -2.29. The molecule has 3 aromatic carbocycles. The summed E-state index contributed by atoms with van der Waals surface area (Å²) in [5.41, 5.74) is 3.85. The average molecular weight is 601 g/mol. The molecular weight excluding hydrogens is 575 g/mol. The second-order valence-electron chi connectivity index (χ2n) is 7.98. The van der Waals surface area contributed by atoms with E-state index >= 15 is 0 Å². The Morgan fingerprint density at radius 2 is 1.77 bits per heavy atom. The van der Waals surface area contributed by atoms with Crippen LogP contribution in [0.1, 0.15) is 18.1 Å². The van der Waals surface area contributed by atoms with Crippen molar-refractivity contribution in [2.24, 2.45) is 0 Å². The second-order valence-corrected chi connectivity index (χ2v) is 10.1. The highest BCUT2D eigenvalue weighted by Gasteiger charge is 2.16. The maximum atomic E-state index is 6.58. The predicted molar refractivity (Wildman–Crippen MR) is 148 cm³/mol. The van der Waals surface area contributed by atoms with E-state index in [9.17, 15) is 0 Å². The summed E-state index contributed by atoms with van der Waals surface area (Å²) in [4.78, 5) is 2.25. The van der Waals surface area contributed by atoms with Crippen molar-refractivity contribution < 1.29 is 14.2 Å². The summed E-state index contributed by atoms with van der Waals surface area (Å²) < 4.78 is 18.2. The summed E-state index contributed by atoms with van der Waals surface area (Å²) in [6.45, 7) is 6.48. The molecule has 0 amide bonds. The fraction of sp³-hybridized carbons (Fsp3) is 0.308. The van der Waals surface area contributed by atoms with E-state index in [1.54, 1.807) is 12.1 Å². The summed E-state index contributed by atoms with van der Waals surface area (Å²) in [5, 5.41) is 5.31. The van der Waals surface area contributed by atoms with Crippen molar-refractivity contribution in [3.05, 3.63) is 79.2 Å². The summed E-state index contributed by atoms with van der Waals surface area (Å²) in [6.07, 6.45) is 0. The van der Waals surface area contributed by atoms with Gasteiger partial charge in [0.2, 0.25) is 0 Å². The van der Waals surface area contributed by atoms with Gasteiger partial charge in [0.15, 0.2) is 11.5 Å². The van der Waals surface area contributed by atoms with Gasteiger partial charge in [0.25, 0.3) is 0 Å². The normalized spacial score (nSPS) is 13.6. The molecule has 186 valence electrons. The molecule has 1 N–H and O–H groups in total. The maximum absolute atomic E-state index is 6.58. The average Bonchev–Trinajstić information content (AvgIpc) is 2.84. The van der Waals surface area contributed by atoms with Crippen LogP contribution in [0.25, 0.3) is 0 Å². The summed E-state index contributed by atoms with van der Waals surface area (Å²) in [6, 6.07) is 15.4. The number of rotatable bonds is 9. The molecule has 0 atom stereocenters. The van der Waals surface area contributed by atoms with Crippen LogP contribution in [-0.2, 0) is 17.9 Å². The molecule has 3 aromatic rings. The monoisotopic (exact) mass is 598 g/mol. The van der Waals surface area contributed by atoms with E-state index in [1.165, 1.54) is 0 Å². The van der Waals surface area contributed by atoms with E-state index in [2.05, 4.69) is 32.2 Å². The van der Waals surface area contributed by atoms with Crippen molar-refractivity contribution in [3.63, 3.8) is 0 Å². The molecule has 1 aliphatic rings. The van der Waals surface area contributed by atoms with Gasteiger partial charge in [0.05, 0.1) is 35.0 Å². The van der Waals surface area contributed by atoms with Gasteiger partial charge in [0.1, 0.15) is 6.61 Å². The van der Waals surface area contributed by atoms with Gasteiger partial charge in [-0.15, -0.1) is 0 Å². The molecule has 4 rings (SSSR count). The number of morpholine rings is 1. The zero-order valence-electron chi connectivity index (χ0n) is 19.3. The summed E-state index contributed by atoms with van der Waals surface area (Å²) in [7, 11) is 0. The fourth-order valence-corrected chi connectivity index (χ4v) is 5.16. The van der Waals surface area contributed by atoms with E-state index in [-0.39, 0.29) is 0 Å². The lowest BCUT2D eigenvalue weighted by atomic mass is 10.2. The molecule has 35 heavy (non-hydrogen) atoms. The lowest BCUT2D eigenvalue weighted by molar-refractivity contribution is 0.122. The molecular formula is C26H26BrCl3N2O3. The smallest absolute Gasteiger partial charge is 0.175 e. The molecule has 0 radical (unpaired) electrons. The first-order valence-electron chi connectivity index (χ1n) is 11.3. The van der Waals surface area contributed by atoms with E-state index in [0.29, 0.717) is 41.3 Å². The third-order valence-electron chi connectivity index (χ3n) is 5.55. The highest BCUT2D eigenvalue weighted by molar-refractivity contribution is 9.10. The zero-order chi connectivity index (χ0) is 24.8. The Hall–Kier alpha value is -1.83. The first-order valence-corrected chi connectivity index (χ1v) is 13.3. The van der Waals surface area contributed by atoms with Gasteiger partial charge in [-0.3, -0.25) is 0 Å². The van der Waals surface area contributed by atoms with E-state index in [4.69, 9.17) is 49.0 Å². The minimum atomic E-state index is 0.292. The lowest BCUT2D eigenvalue weighted by Crippen LogP contribution is -2.36. The van der Waals surface area contributed by atoms with Crippen LogP contribution in [0, 0.1) is 0 Å². The molecule has 0 unspecified atom stereocenters. The number of hydrogen-bond acceptors (Lipinski definition) is 5. The van der Waals surface area contributed by atoms with Crippen LogP contribution in [0.3, 0.4) is 0 Å². The molecule has 9 heteroatoms. The quantitative estimate of drug-likeness (QED) is 0.271. The topological polar surface area (TPSA) is 43.0 Å². The van der Waals surface area contributed by atoms with Gasteiger partial charge in [-0.05, 0) is 70.9 Å². The Labute approximate surface area is 229 Å². The van der Waals surface area contributed by atoms with Crippen LogP contribution in [-0.4, -0.2) is 32.9 Å². The molecule has 1 fully saturated rings. The van der Waals surface area contributed by atoms with Gasteiger partial charge in [-0.1, -0.05) is 40.9 Å². The Morgan fingerprint density at radius 3 is 2.49 bits per heavy atom. The number of ether oxygens (including phenoxy) is 3. The molecule has 5 nitrogen and oxygen atoms in total. The van der Waals surface area contributed by atoms with Gasteiger partial charge in [-0.25, -0.2) is 0 Å². The van der Waals surface area contributed by atoms with Crippen LogP contribution in [0.5, 0.6) is 11.5 Å². The molecule has 0 aliphatic carbocycles. The van der Waals surface area contributed by atoms with Crippen molar-refractivity contribution in [2.45, 2.75) is 20.1 Å². The Balaban J connectivity index is 1.45. The van der Waals surface area contributed by atoms with Crippen molar-refractivity contribution in [2.75, 3.05) is 43.1 Å². The van der Waals surface area contributed by atoms with Gasteiger partial charge in [-0.2, -0.15) is 0 Å². The van der Waals surface area contributed by atoms with E-state index in [0.717, 1.165) is 58.3 Å². The van der Waals surface area contributed by atoms with Crippen LogP contribution < -0.4 is 19.7 Å². The SMILES string of the molecule is CCOc1cc(CNc2ccc(N3CCOCC3)c(Cl)c2)cc(Br)c1OCc1ccc(Cl)cc1Cl. The highest BCUT2D eigenvalue weighted by Crippen LogP contribution is 2.38. The molecule has 1 saturated heterocycles. The van der Waals surface area contributed by atoms with Crippen molar-refractivity contribution >= 4 is 62.1 Å². The summed E-state index contributed by atoms with van der Waals surface area (Å²) in [5.74, 6) is 1.28. The Morgan fingerprint density at radius 1 is 0.971 bits per heavy atom. The number of benzene rings is 3. The summed E-state index contributed by atoms with van der Waals surface area (Å²) >= 11 is 22.5. The minimum Gasteiger partial charge on any atom is -0.490 e. The Kier molecular flexibility index (Phi) is 9.31.